The lowest BCUT2D eigenvalue weighted by Crippen LogP contribution is -2.43. The van der Waals surface area contributed by atoms with Gasteiger partial charge in [-0.05, 0) is 54.4 Å². The van der Waals surface area contributed by atoms with Crippen LogP contribution in [0.4, 0.5) is 5.69 Å². The zero-order valence-electron chi connectivity index (χ0n) is 22.6. The zero-order valence-corrected chi connectivity index (χ0v) is 24.5. The van der Waals surface area contributed by atoms with Crippen molar-refractivity contribution < 1.29 is 27.9 Å². The molecule has 6 rings (SSSR count). The van der Waals surface area contributed by atoms with Crippen molar-refractivity contribution in [3.05, 3.63) is 29.3 Å². The molecule has 10 nitrogen and oxygen atoms in total. The maximum absolute atomic E-state index is 11.9. The highest BCUT2D eigenvalue weighted by molar-refractivity contribution is 7.79. The number of amides is 3. The first-order valence-electron chi connectivity index (χ1n) is 13.3. The van der Waals surface area contributed by atoms with Crippen molar-refractivity contribution >= 4 is 53.8 Å². The first kappa shape index (κ1) is 31.3. The molecule has 0 radical (unpaired) electrons. The van der Waals surface area contributed by atoms with E-state index in [0.717, 1.165) is 50.1 Å². The van der Waals surface area contributed by atoms with Crippen molar-refractivity contribution in [2.24, 2.45) is 16.7 Å². The lowest BCUT2D eigenvalue weighted by Gasteiger charge is -2.35. The molecule has 0 aromatic heterocycles. The van der Waals surface area contributed by atoms with Crippen molar-refractivity contribution in [2.45, 2.75) is 58.9 Å². The Morgan fingerprint density at radius 1 is 1.08 bits per heavy atom. The molecule has 0 spiro atoms. The summed E-state index contributed by atoms with van der Waals surface area (Å²) < 4.78 is 19.9. The zero-order chi connectivity index (χ0) is 27.5. The van der Waals surface area contributed by atoms with Crippen LogP contribution in [0.3, 0.4) is 0 Å². The van der Waals surface area contributed by atoms with E-state index >= 15 is 0 Å². The number of hydrogen-bond donors (Lipinski definition) is 4. The second-order valence-electron chi connectivity index (χ2n) is 11.2. The molecule has 3 unspecified atom stereocenters. The van der Waals surface area contributed by atoms with Crippen LogP contribution in [0.2, 0.25) is 0 Å². The van der Waals surface area contributed by atoms with E-state index in [1.807, 2.05) is 6.07 Å². The van der Waals surface area contributed by atoms with Crippen molar-refractivity contribution in [3.63, 3.8) is 0 Å². The number of piperidine rings is 1. The molecule has 3 atom stereocenters. The molecule has 2 aliphatic carbocycles. The smallest absolute Gasteiger partial charge is 0.251 e. The Balaban J connectivity index is 0.000000168. The number of piperazine rings is 1. The molecule has 2 saturated carbocycles. The average Bonchev–Trinajstić information content (AvgIpc) is 3.43. The third-order valence-electron chi connectivity index (χ3n) is 8.85. The van der Waals surface area contributed by atoms with Gasteiger partial charge in [-0.3, -0.25) is 24.5 Å². The van der Waals surface area contributed by atoms with Crippen molar-refractivity contribution in [1.29, 1.82) is 0 Å². The molecule has 1 aromatic carbocycles. The summed E-state index contributed by atoms with van der Waals surface area (Å²) in [7, 11) is 0. The number of benzene rings is 1. The summed E-state index contributed by atoms with van der Waals surface area (Å²) in [6, 6.07) is 6.13. The Kier molecular flexibility index (Phi) is 10.4. The molecule has 39 heavy (non-hydrogen) atoms. The second-order valence-corrected chi connectivity index (χ2v) is 12.2. The molecule has 216 valence electrons. The number of ketones is 1. The minimum absolute atomic E-state index is 0. The molecule has 2 saturated heterocycles. The van der Waals surface area contributed by atoms with Crippen LogP contribution in [0.25, 0.3) is 0 Å². The van der Waals surface area contributed by atoms with Gasteiger partial charge in [0.25, 0.3) is 5.91 Å². The predicted molar refractivity (Wildman–Crippen MR) is 154 cm³/mol. The lowest BCUT2D eigenvalue weighted by atomic mass is 9.70. The van der Waals surface area contributed by atoms with E-state index in [1.54, 1.807) is 0 Å². The van der Waals surface area contributed by atoms with Crippen LogP contribution in [-0.4, -0.2) is 64.2 Å². The third-order valence-corrected chi connectivity index (χ3v) is 9.59. The summed E-state index contributed by atoms with van der Waals surface area (Å²) in [6.45, 7) is 8.97. The van der Waals surface area contributed by atoms with Crippen LogP contribution in [0, 0.1) is 16.7 Å². The summed E-state index contributed by atoms with van der Waals surface area (Å²) >= 11 is -1.86. The van der Waals surface area contributed by atoms with Gasteiger partial charge in [-0.2, -0.15) is 13.5 Å². The van der Waals surface area contributed by atoms with Crippen molar-refractivity contribution in [2.75, 3.05) is 36.8 Å². The highest BCUT2D eigenvalue weighted by Crippen LogP contribution is 2.63. The van der Waals surface area contributed by atoms with E-state index in [-0.39, 0.29) is 48.2 Å². The Morgan fingerprint density at radius 3 is 2.26 bits per heavy atom. The molecule has 1 aromatic rings. The van der Waals surface area contributed by atoms with E-state index in [1.165, 1.54) is 5.69 Å². The predicted octanol–water partition coefficient (Wildman–Crippen LogP) is 1.87. The maximum Gasteiger partial charge on any atom is 0.251 e. The number of carbonyl (C=O) groups excluding carboxylic acids is 4. The molecule has 3 heterocycles. The number of imide groups is 1. The fourth-order valence-corrected chi connectivity index (χ4v) is 7.45. The summed E-state index contributed by atoms with van der Waals surface area (Å²) in [6.07, 6.45) is 4.18. The fourth-order valence-electron chi connectivity index (χ4n) is 6.35. The van der Waals surface area contributed by atoms with Crippen LogP contribution in [0.5, 0.6) is 0 Å². The van der Waals surface area contributed by atoms with E-state index in [9.17, 15) is 23.4 Å². The third kappa shape index (κ3) is 6.72. The Hall–Kier alpha value is -2.28. The number of carbonyl (C=O) groups is 4. The summed E-state index contributed by atoms with van der Waals surface area (Å²) in [4.78, 5) is 46.3. The molecule has 12 heteroatoms. The van der Waals surface area contributed by atoms with Gasteiger partial charge in [0.1, 0.15) is 5.78 Å². The van der Waals surface area contributed by atoms with Crippen LogP contribution in [-0.2, 0) is 32.0 Å². The van der Waals surface area contributed by atoms with Crippen LogP contribution in [0.15, 0.2) is 18.2 Å². The van der Waals surface area contributed by atoms with Gasteiger partial charge >= 0.3 is 0 Å². The quantitative estimate of drug-likeness (QED) is 0.313. The molecule has 3 aliphatic heterocycles. The van der Waals surface area contributed by atoms with Crippen LogP contribution >= 0.6 is 13.5 Å². The number of hydrogen-bond acceptors (Lipinski definition) is 7. The van der Waals surface area contributed by atoms with Crippen LogP contribution < -0.4 is 20.9 Å². The first-order valence-corrected chi connectivity index (χ1v) is 14.6. The monoisotopic (exact) mass is 580 g/mol. The SMILES string of the molecule is CC1(C)C2CCC1(CS(=O)O)C(=O)C2.O=C1CCCC(=O)N1.O=C1NCc2cc(N3CCNCC3)ccc21.S. The number of fused-ring (bicyclic) bond motifs is 3. The molecule has 5 aliphatic rings. The van der Waals surface area contributed by atoms with Crippen molar-refractivity contribution in [3.8, 4) is 0 Å². The number of nitrogens with zero attached hydrogens (tertiary/aromatic N) is 1. The fraction of sp³-hybridized carbons (Fsp3) is 0.630. The van der Waals surface area contributed by atoms with Gasteiger partial charge in [-0.15, -0.1) is 0 Å². The number of rotatable bonds is 3. The van der Waals surface area contributed by atoms with Gasteiger partial charge in [0.2, 0.25) is 11.8 Å². The number of nitrogens with one attached hydrogen (secondary N) is 3. The molecular weight excluding hydrogens is 540 g/mol. The van der Waals surface area contributed by atoms with Gasteiger partial charge in [-0.1, -0.05) is 13.8 Å². The van der Waals surface area contributed by atoms with E-state index < -0.39 is 16.5 Å². The second kappa shape index (κ2) is 12.9. The molecule has 4 N–H and O–H groups in total. The van der Waals surface area contributed by atoms with Gasteiger partial charge in [0, 0.05) is 68.7 Å². The summed E-state index contributed by atoms with van der Waals surface area (Å²) in [5.41, 5.74) is 2.61. The Labute approximate surface area is 239 Å². The minimum atomic E-state index is -1.86. The lowest BCUT2D eigenvalue weighted by molar-refractivity contribution is -0.133. The Morgan fingerprint density at radius 2 is 1.74 bits per heavy atom. The minimum Gasteiger partial charge on any atom is -0.369 e. The van der Waals surface area contributed by atoms with E-state index in [0.29, 0.717) is 38.1 Å². The van der Waals surface area contributed by atoms with Gasteiger partial charge in [-0.25, -0.2) is 4.21 Å². The molecule has 2 bridgehead atoms. The highest BCUT2D eigenvalue weighted by Gasteiger charge is 2.64. The largest absolute Gasteiger partial charge is 0.369 e. The van der Waals surface area contributed by atoms with Crippen molar-refractivity contribution in [1.82, 2.24) is 16.0 Å². The normalized spacial score (nSPS) is 27.2. The Bertz CT molecular complexity index is 1120. The van der Waals surface area contributed by atoms with E-state index in [4.69, 9.17) is 4.55 Å². The first-order chi connectivity index (χ1) is 18.0. The summed E-state index contributed by atoms with van der Waals surface area (Å²) in [5, 5.41) is 8.38. The average molecular weight is 581 g/mol. The summed E-state index contributed by atoms with van der Waals surface area (Å²) in [5.74, 6) is 0.555. The van der Waals surface area contributed by atoms with Gasteiger partial charge < -0.3 is 20.1 Å². The standard InChI is InChI=1S/C12H15N3O.C10H16O3S.C5H7NO2.H2S/c16-12-11-2-1-10(7-9(11)8-14-12)15-5-3-13-4-6-15;1-9(2)7-3-4-10(9,6-14(12)13)8(11)5-7;7-4-2-1-3-5(8)6-4;/h1-2,7,13H,3-6,8H2,(H,14,16);7H,3-6H2,1-2H3,(H,12,13);1-3H2,(H,6,7,8);1H2. The topological polar surface area (TPSA) is 145 Å². The van der Waals surface area contributed by atoms with Gasteiger partial charge in [0.15, 0.2) is 11.1 Å². The number of Topliss-reactive ketones (excluding diaryl/α,β-unsaturated/α-hetero) is 1. The molecular formula is C27H40N4O6S2. The molecule has 3 amide bonds. The van der Waals surface area contributed by atoms with Crippen LogP contribution in [0.1, 0.15) is 68.3 Å². The number of anilines is 1. The maximum atomic E-state index is 11.9. The molecule has 4 fully saturated rings. The highest BCUT2D eigenvalue weighted by atomic mass is 32.2. The van der Waals surface area contributed by atoms with E-state index in [2.05, 4.69) is 46.8 Å². The van der Waals surface area contributed by atoms with Gasteiger partial charge in [0.05, 0.1) is 5.75 Å².